The van der Waals surface area contributed by atoms with Gasteiger partial charge in [-0.2, -0.15) is 0 Å². The van der Waals surface area contributed by atoms with Crippen molar-refractivity contribution in [3.63, 3.8) is 0 Å². The highest BCUT2D eigenvalue weighted by molar-refractivity contribution is 7.85. The van der Waals surface area contributed by atoms with Gasteiger partial charge in [0, 0.05) is 47.8 Å². The number of amides is 1. The molecule has 1 heterocycles. The van der Waals surface area contributed by atoms with Gasteiger partial charge in [0.1, 0.15) is 0 Å². The fourth-order valence-electron chi connectivity index (χ4n) is 3.96. The van der Waals surface area contributed by atoms with Crippen LogP contribution in [0.3, 0.4) is 0 Å². The van der Waals surface area contributed by atoms with Crippen LogP contribution < -0.4 is 20.8 Å². The predicted octanol–water partition coefficient (Wildman–Crippen LogP) is 3.21. The third-order valence-corrected chi connectivity index (χ3v) is 8.62. The zero-order valence-electron chi connectivity index (χ0n) is 17.0. The smallest absolute Gasteiger partial charge is 0.409 e. The number of nitrogens with zero attached hydrogens (tertiary/aromatic N) is 2. The highest BCUT2D eigenvalue weighted by Gasteiger charge is 2.34. The Labute approximate surface area is 177 Å². The summed E-state index contributed by atoms with van der Waals surface area (Å²) in [6.45, 7) is 2.47. The number of rotatable bonds is 4. The Morgan fingerprint density at radius 3 is 1.80 bits per heavy atom. The van der Waals surface area contributed by atoms with Crippen LogP contribution in [-0.4, -0.2) is 44.3 Å². The maximum Gasteiger partial charge on any atom is 0.409 e. The molecule has 3 aromatic rings. The molecule has 0 N–H and O–H groups in total. The number of anilines is 1. The number of benzene rings is 3. The molecule has 30 heavy (non-hydrogen) atoms. The molecule has 4 rings (SSSR count). The zero-order chi connectivity index (χ0) is 21.0. The molecule has 0 radical (unpaired) electrons. The van der Waals surface area contributed by atoms with E-state index in [1.165, 1.54) is 7.11 Å². The maximum atomic E-state index is 14.8. The van der Waals surface area contributed by atoms with Crippen LogP contribution >= 0.6 is 7.14 Å². The summed E-state index contributed by atoms with van der Waals surface area (Å²) in [6, 6.07) is 27.3. The highest BCUT2D eigenvalue weighted by atomic mass is 31.2. The molecule has 0 bridgehead atoms. The minimum Gasteiger partial charge on any atom is -0.453 e. The molecule has 1 aliphatic rings. The highest BCUT2D eigenvalue weighted by Crippen LogP contribution is 2.45. The number of methoxy groups -OCH3 is 1. The molecule has 0 saturated carbocycles. The van der Waals surface area contributed by atoms with Crippen LogP contribution in [0.25, 0.3) is 0 Å². The molecule has 3 aromatic carbocycles. The second-order valence-electron chi connectivity index (χ2n) is 7.21. The zero-order valence-corrected chi connectivity index (χ0v) is 17.9. The monoisotopic (exact) mass is 420 g/mol. The number of carbonyl (C=O) groups excluding carboxylic acids is 1. The van der Waals surface area contributed by atoms with E-state index in [4.69, 9.17) is 4.74 Å². The summed E-state index contributed by atoms with van der Waals surface area (Å²) in [4.78, 5) is 15.8. The van der Waals surface area contributed by atoms with E-state index in [2.05, 4.69) is 4.90 Å². The van der Waals surface area contributed by atoms with Crippen molar-refractivity contribution in [1.29, 1.82) is 0 Å². The Hall–Kier alpha value is -3.04. The first-order valence-electron chi connectivity index (χ1n) is 10.0. The van der Waals surface area contributed by atoms with Crippen LogP contribution in [0.4, 0.5) is 10.5 Å². The van der Waals surface area contributed by atoms with E-state index in [1.807, 2.05) is 84.9 Å². The fraction of sp³-hybridized carbons (Fsp3) is 0.208. The van der Waals surface area contributed by atoms with E-state index in [1.54, 1.807) is 4.90 Å². The first-order chi connectivity index (χ1) is 14.6. The summed E-state index contributed by atoms with van der Waals surface area (Å²) in [6.07, 6.45) is -0.304. The molecule has 1 aliphatic heterocycles. The van der Waals surface area contributed by atoms with E-state index < -0.39 is 7.14 Å². The summed E-state index contributed by atoms with van der Waals surface area (Å²) in [5, 5.41) is 2.46. The average Bonchev–Trinajstić information content (AvgIpc) is 2.84. The van der Waals surface area contributed by atoms with Crippen molar-refractivity contribution in [2.75, 3.05) is 38.2 Å². The predicted molar refractivity (Wildman–Crippen MR) is 122 cm³/mol. The normalized spacial score (nSPS) is 14.4. The number of para-hydroxylation sites is 1. The van der Waals surface area contributed by atoms with Gasteiger partial charge in [0.25, 0.3) is 0 Å². The van der Waals surface area contributed by atoms with Crippen molar-refractivity contribution >= 4 is 34.8 Å². The van der Waals surface area contributed by atoms with E-state index in [-0.39, 0.29) is 6.09 Å². The number of hydrogen-bond donors (Lipinski definition) is 0. The Balaban J connectivity index is 1.78. The number of hydrogen-bond acceptors (Lipinski definition) is 4. The minimum atomic E-state index is -3.07. The summed E-state index contributed by atoms with van der Waals surface area (Å²) >= 11 is 0. The van der Waals surface area contributed by atoms with Crippen LogP contribution in [0.2, 0.25) is 0 Å². The van der Waals surface area contributed by atoms with E-state index in [0.29, 0.717) is 26.2 Å². The Morgan fingerprint density at radius 2 is 1.27 bits per heavy atom. The van der Waals surface area contributed by atoms with Crippen LogP contribution in [0.5, 0.6) is 0 Å². The van der Waals surface area contributed by atoms with Gasteiger partial charge in [-0.3, -0.25) is 0 Å². The van der Waals surface area contributed by atoms with Gasteiger partial charge in [0.15, 0.2) is 7.14 Å². The third kappa shape index (κ3) is 3.73. The summed E-state index contributed by atoms with van der Waals surface area (Å²) in [5.74, 6) is 0. The Kier molecular flexibility index (Phi) is 5.91. The molecule has 0 aromatic heterocycles. The molecule has 6 heteroatoms. The molecule has 1 amide bonds. The summed E-state index contributed by atoms with van der Waals surface area (Å²) < 4.78 is 19.6. The van der Waals surface area contributed by atoms with E-state index >= 15 is 0 Å². The number of ether oxygens (including phenoxy) is 1. The van der Waals surface area contributed by atoms with Gasteiger partial charge in [-0.25, -0.2) is 4.79 Å². The first-order valence-corrected chi connectivity index (χ1v) is 11.7. The molecule has 5 nitrogen and oxygen atoms in total. The lowest BCUT2D eigenvalue weighted by Gasteiger charge is -2.37. The second-order valence-corrected chi connectivity index (χ2v) is 9.95. The number of carbonyl (C=O) groups is 1. The Morgan fingerprint density at radius 1 is 0.767 bits per heavy atom. The van der Waals surface area contributed by atoms with Crippen LogP contribution in [0, 0.1) is 0 Å². The first kappa shape index (κ1) is 20.2. The largest absolute Gasteiger partial charge is 0.453 e. The quantitative estimate of drug-likeness (QED) is 0.609. The molecule has 0 aliphatic carbocycles. The van der Waals surface area contributed by atoms with E-state index in [0.717, 1.165) is 21.6 Å². The molecule has 1 saturated heterocycles. The van der Waals surface area contributed by atoms with Crippen molar-refractivity contribution in [2.45, 2.75) is 0 Å². The van der Waals surface area contributed by atoms with Gasteiger partial charge in [0.2, 0.25) is 0 Å². The van der Waals surface area contributed by atoms with Crippen molar-refractivity contribution in [3.8, 4) is 0 Å². The lowest BCUT2D eigenvalue weighted by molar-refractivity contribution is 0.121. The lowest BCUT2D eigenvalue weighted by Crippen LogP contribution is -2.50. The van der Waals surface area contributed by atoms with Gasteiger partial charge in [-0.15, -0.1) is 0 Å². The molecule has 154 valence electrons. The van der Waals surface area contributed by atoms with Crippen LogP contribution in [-0.2, 0) is 9.30 Å². The third-order valence-electron chi connectivity index (χ3n) is 5.51. The van der Waals surface area contributed by atoms with E-state index in [9.17, 15) is 9.36 Å². The standard InChI is InChI=1S/C24H25N2O3P/c1-29-24(27)26-18-16-25(17-19-26)22-14-8-9-15-23(22)30(28,20-10-4-2-5-11-20)21-12-6-3-7-13-21/h2-15H,16-19H2,1H3. The molecule has 0 spiro atoms. The second kappa shape index (κ2) is 8.76. The maximum absolute atomic E-state index is 14.8. The number of piperazine rings is 1. The molecule has 0 atom stereocenters. The average molecular weight is 420 g/mol. The van der Waals surface area contributed by atoms with Gasteiger partial charge in [-0.1, -0.05) is 72.8 Å². The van der Waals surface area contributed by atoms with Crippen molar-refractivity contribution in [3.05, 3.63) is 84.9 Å². The summed E-state index contributed by atoms with van der Waals surface area (Å²) in [7, 11) is -1.66. The fourth-order valence-corrected chi connectivity index (χ4v) is 6.83. The molecular formula is C24H25N2O3P. The van der Waals surface area contributed by atoms with Crippen LogP contribution in [0.1, 0.15) is 0 Å². The lowest BCUT2D eigenvalue weighted by atomic mass is 10.2. The molecule has 0 unspecified atom stereocenters. The van der Waals surface area contributed by atoms with Crippen molar-refractivity contribution in [1.82, 2.24) is 4.90 Å². The van der Waals surface area contributed by atoms with Crippen LogP contribution in [0.15, 0.2) is 84.9 Å². The van der Waals surface area contributed by atoms with Crippen molar-refractivity contribution < 1.29 is 14.1 Å². The minimum absolute atomic E-state index is 0.304. The molecule has 1 fully saturated rings. The van der Waals surface area contributed by atoms with Gasteiger partial charge in [0.05, 0.1) is 7.11 Å². The summed E-state index contributed by atoms with van der Waals surface area (Å²) in [5.41, 5.74) is 0.957. The van der Waals surface area contributed by atoms with Gasteiger partial charge < -0.3 is 19.1 Å². The van der Waals surface area contributed by atoms with Gasteiger partial charge >= 0.3 is 6.09 Å². The SMILES string of the molecule is COC(=O)N1CCN(c2ccccc2P(=O)(c2ccccc2)c2ccccc2)CC1. The Bertz CT molecular complexity index is 1000. The van der Waals surface area contributed by atoms with Crippen molar-refractivity contribution in [2.24, 2.45) is 0 Å². The topological polar surface area (TPSA) is 49.9 Å². The molecular weight excluding hydrogens is 395 g/mol. The van der Waals surface area contributed by atoms with Gasteiger partial charge in [-0.05, 0) is 12.1 Å².